The Labute approximate surface area is 206 Å². The molecule has 36 heavy (non-hydrogen) atoms. The first kappa shape index (κ1) is 23.4. The number of halogens is 1. The third-order valence-electron chi connectivity index (χ3n) is 6.19. The number of amidine groups is 1. The topological polar surface area (TPSA) is 126 Å². The van der Waals surface area contributed by atoms with Crippen molar-refractivity contribution in [2.24, 2.45) is 4.99 Å². The monoisotopic (exact) mass is 487 g/mol. The van der Waals surface area contributed by atoms with Crippen molar-refractivity contribution in [1.29, 1.82) is 0 Å². The van der Waals surface area contributed by atoms with Crippen LogP contribution in [0.15, 0.2) is 64.6 Å². The Morgan fingerprint density at radius 2 is 1.94 bits per heavy atom. The maximum atomic E-state index is 14.7. The molecular formula is C25H26FN9O. The zero-order valence-corrected chi connectivity index (χ0v) is 20.1. The fourth-order valence-electron chi connectivity index (χ4n) is 4.21. The number of aromatic nitrogens is 4. The maximum absolute atomic E-state index is 14.7. The highest BCUT2D eigenvalue weighted by Gasteiger charge is 2.27. The SMILES string of the molecule is CC[C@H](Nc1ncnc(N)c1C1=NC(C)N(C)N1)c1nc2cccc(F)c2c(=O)n1-c1ccccc1. The molecule has 0 bridgehead atoms. The van der Waals surface area contributed by atoms with E-state index in [1.807, 2.05) is 44.1 Å². The summed E-state index contributed by atoms with van der Waals surface area (Å²) in [6.07, 6.45) is 1.80. The van der Waals surface area contributed by atoms with Gasteiger partial charge in [-0.25, -0.2) is 29.3 Å². The average molecular weight is 488 g/mol. The average Bonchev–Trinajstić information content (AvgIpc) is 3.20. The zero-order valence-electron chi connectivity index (χ0n) is 20.1. The molecule has 0 saturated carbocycles. The van der Waals surface area contributed by atoms with Gasteiger partial charge in [-0.15, -0.1) is 0 Å². The number of aliphatic imine (C=N–C) groups is 1. The molecule has 1 aliphatic rings. The van der Waals surface area contributed by atoms with Crippen LogP contribution in [-0.2, 0) is 0 Å². The van der Waals surface area contributed by atoms with Gasteiger partial charge in [0.05, 0.1) is 17.2 Å². The summed E-state index contributed by atoms with van der Waals surface area (Å²) in [6.45, 7) is 3.90. The van der Waals surface area contributed by atoms with Gasteiger partial charge < -0.3 is 16.5 Å². The number of hydrogen-bond acceptors (Lipinski definition) is 9. The summed E-state index contributed by atoms with van der Waals surface area (Å²) in [7, 11) is 1.87. The predicted molar refractivity (Wildman–Crippen MR) is 137 cm³/mol. The quantitative estimate of drug-likeness (QED) is 0.379. The molecule has 184 valence electrons. The van der Waals surface area contributed by atoms with Crippen LogP contribution >= 0.6 is 0 Å². The first-order valence-electron chi connectivity index (χ1n) is 11.6. The van der Waals surface area contributed by atoms with E-state index >= 15 is 0 Å². The second-order valence-corrected chi connectivity index (χ2v) is 8.50. The Bertz CT molecular complexity index is 1520. The molecule has 1 unspecified atom stereocenters. The molecule has 0 aliphatic carbocycles. The van der Waals surface area contributed by atoms with E-state index in [0.717, 1.165) is 0 Å². The van der Waals surface area contributed by atoms with E-state index in [1.165, 1.54) is 17.0 Å². The molecule has 5 rings (SSSR count). The van der Waals surface area contributed by atoms with Gasteiger partial charge in [-0.3, -0.25) is 9.36 Å². The number of hydrogen-bond donors (Lipinski definition) is 3. The largest absolute Gasteiger partial charge is 0.383 e. The molecule has 0 amide bonds. The number of nitrogen functional groups attached to an aromatic ring is 1. The number of nitrogens with one attached hydrogen (secondary N) is 2. The fourth-order valence-corrected chi connectivity index (χ4v) is 4.21. The van der Waals surface area contributed by atoms with E-state index in [2.05, 4.69) is 25.7 Å². The van der Waals surface area contributed by atoms with Gasteiger partial charge in [0, 0.05) is 7.05 Å². The summed E-state index contributed by atoms with van der Waals surface area (Å²) >= 11 is 0. The van der Waals surface area contributed by atoms with Gasteiger partial charge in [0.15, 0.2) is 5.84 Å². The van der Waals surface area contributed by atoms with Crippen molar-refractivity contribution < 1.29 is 4.39 Å². The van der Waals surface area contributed by atoms with Crippen LogP contribution in [0.1, 0.15) is 37.7 Å². The van der Waals surface area contributed by atoms with Crippen molar-refractivity contribution in [3.05, 3.63) is 82.4 Å². The fraction of sp³-hybridized carbons (Fsp3) is 0.240. The van der Waals surface area contributed by atoms with E-state index in [9.17, 15) is 9.18 Å². The lowest BCUT2D eigenvalue weighted by Crippen LogP contribution is -2.37. The van der Waals surface area contributed by atoms with E-state index in [-0.39, 0.29) is 22.9 Å². The lowest BCUT2D eigenvalue weighted by atomic mass is 10.1. The van der Waals surface area contributed by atoms with Gasteiger partial charge in [-0.05, 0) is 37.6 Å². The van der Waals surface area contributed by atoms with Crippen molar-refractivity contribution in [1.82, 2.24) is 30.0 Å². The van der Waals surface area contributed by atoms with Crippen LogP contribution in [0.25, 0.3) is 16.6 Å². The van der Waals surface area contributed by atoms with Crippen LogP contribution in [0.2, 0.25) is 0 Å². The Morgan fingerprint density at radius 1 is 1.17 bits per heavy atom. The lowest BCUT2D eigenvalue weighted by Gasteiger charge is -2.23. The van der Waals surface area contributed by atoms with Gasteiger partial charge in [-0.2, -0.15) is 0 Å². The molecule has 2 aromatic heterocycles. The Balaban J connectivity index is 1.68. The van der Waals surface area contributed by atoms with Crippen LogP contribution in [0.3, 0.4) is 0 Å². The lowest BCUT2D eigenvalue weighted by molar-refractivity contribution is 0.255. The Hall–Kier alpha value is -4.38. The number of benzene rings is 2. The van der Waals surface area contributed by atoms with E-state index in [4.69, 9.17) is 10.7 Å². The second kappa shape index (κ2) is 9.34. The van der Waals surface area contributed by atoms with Crippen molar-refractivity contribution in [2.45, 2.75) is 32.5 Å². The summed E-state index contributed by atoms with van der Waals surface area (Å²) in [5, 5.41) is 5.17. The molecule has 0 radical (unpaired) electrons. The first-order valence-corrected chi connectivity index (χ1v) is 11.6. The molecule has 0 fully saturated rings. The molecule has 1 aliphatic heterocycles. The Kier molecular flexibility index (Phi) is 6.06. The highest BCUT2D eigenvalue weighted by molar-refractivity contribution is 6.06. The van der Waals surface area contributed by atoms with Gasteiger partial charge >= 0.3 is 0 Å². The Morgan fingerprint density at radius 3 is 2.64 bits per heavy atom. The normalized spacial score (nSPS) is 16.6. The maximum Gasteiger partial charge on any atom is 0.269 e. The van der Waals surface area contributed by atoms with Gasteiger partial charge in [0.25, 0.3) is 5.56 Å². The summed E-state index contributed by atoms with van der Waals surface area (Å²) < 4.78 is 16.2. The highest BCUT2D eigenvalue weighted by Crippen LogP contribution is 2.28. The molecule has 0 spiro atoms. The number of para-hydroxylation sites is 1. The molecule has 0 saturated heterocycles. The highest BCUT2D eigenvalue weighted by atomic mass is 19.1. The van der Waals surface area contributed by atoms with Crippen molar-refractivity contribution in [3.8, 4) is 5.69 Å². The number of fused-ring (bicyclic) bond motifs is 1. The summed E-state index contributed by atoms with van der Waals surface area (Å²) in [5.74, 6) is 1.04. The van der Waals surface area contributed by atoms with Crippen molar-refractivity contribution >= 4 is 28.4 Å². The standard InChI is InChI=1S/C25H26FN9O/c1-4-17(31-22-20(21(27)28-13-29-22)23-30-14(2)34(3)33-23)24-32-18-12-8-11-16(26)19(18)25(36)35(24)15-9-6-5-7-10-15/h5-14,17H,4H2,1-3H3,(H,30,33)(H3,27,28,29,31)/t14?,17-/m0/s1. The van der Waals surface area contributed by atoms with Crippen LogP contribution in [0.4, 0.5) is 16.0 Å². The van der Waals surface area contributed by atoms with Crippen molar-refractivity contribution in [2.75, 3.05) is 18.1 Å². The van der Waals surface area contributed by atoms with Gasteiger partial charge in [-0.1, -0.05) is 31.2 Å². The predicted octanol–water partition coefficient (Wildman–Crippen LogP) is 3.00. The number of hydrazine groups is 1. The van der Waals surface area contributed by atoms with Crippen LogP contribution in [0.5, 0.6) is 0 Å². The molecule has 2 aromatic carbocycles. The number of rotatable bonds is 6. The van der Waals surface area contributed by atoms with E-state index in [0.29, 0.717) is 35.1 Å². The third kappa shape index (κ3) is 4.03. The number of anilines is 2. The zero-order chi connectivity index (χ0) is 25.4. The third-order valence-corrected chi connectivity index (χ3v) is 6.19. The second-order valence-electron chi connectivity index (χ2n) is 8.50. The molecule has 2 atom stereocenters. The van der Waals surface area contributed by atoms with Crippen LogP contribution in [-0.4, -0.2) is 43.6 Å². The minimum absolute atomic E-state index is 0.0616. The van der Waals surface area contributed by atoms with E-state index < -0.39 is 17.4 Å². The minimum Gasteiger partial charge on any atom is -0.383 e. The summed E-state index contributed by atoms with van der Waals surface area (Å²) in [5.41, 5.74) is 10.3. The minimum atomic E-state index is -0.614. The smallest absolute Gasteiger partial charge is 0.269 e. The molecule has 10 nitrogen and oxygen atoms in total. The van der Waals surface area contributed by atoms with E-state index in [1.54, 1.807) is 24.3 Å². The molecule has 11 heteroatoms. The van der Waals surface area contributed by atoms with Crippen LogP contribution in [0, 0.1) is 5.82 Å². The molecule has 4 N–H and O–H groups in total. The number of nitrogens with zero attached hydrogens (tertiary/aromatic N) is 6. The summed E-state index contributed by atoms with van der Waals surface area (Å²) in [6, 6.07) is 13.0. The molecular weight excluding hydrogens is 461 g/mol. The van der Waals surface area contributed by atoms with Gasteiger partial charge in [0.1, 0.15) is 46.7 Å². The molecule has 4 aromatic rings. The number of nitrogens with two attached hydrogens (primary N) is 1. The van der Waals surface area contributed by atoms with Crippen molar-refractivity contribution in [3.63, 3.8) is 0 Å². The molecule has 3 heterocycles. The van der Waals surface area contributed by atoms with Crippen LogP contribution < -0.4 is 22.0 Å². The van der Waals surface area contributed by atoms with Gasteiger partial charge in [0.2, 0.25) is 0 Å². The first-order chi connectivity index (χ1) is 17.4. The summed E-state index contributed by atoms with van der Waals surface area (Å²) in [4.78, 5) is 31.6.